The van der Waals surface area contributed by atoms with Crippen LogP contribution in [0.15, 0.2) is 5.38 Å². The minimum Gasteiger partial charge on any atom is -0.481 e. The van der Waals surface area contributed by atoms with E-state index in [0.717, 1.165) is 10.7 Å². The van der Waals surface area contributed by atoms with Crippen molar-refractivity contribution in [3.05, 3.63) is 16.1 Å². The first kappa shape index (κ1) is 16.4. The zero-order valence-electron chi connectivity index (χ0n) is 10.7. The SMILES string of the molecule is Cc1nc(CSCC(=O)N[C@H](CC(=O)O)C(=O)O)cs1. The highest BCUT2D eigenvalue weighted by molar-refractivity contribution is 7.99. The molecule has 0 fully saturated rings. The van der Waals surface area contributed by atoms with Gasteiger partial charge >= 0.3 is 11.9 Å². The van der Waals surface area contributed by atoms with Gasteiger partial charge in [0.05, 0.1) is 22.9 Å². The summed E-state index contributed by atoms with van der Waals surface area (Å²) in [4.78, 5) is 37.0. The summed E-state index contributed by atoms with van der Waals surface area (Å²) in [6.07, 6.45) is -0.642. The van der Waals surface area contributed by atoms with Gasteiger partial charge in [0.1, 0.15) is 6.04 Å². The van der Waals surface area contributed by atoms with E-state index in [1.165, 1.54) is 23.1 Å². The number of carbonyl (C=O) groups excluding carboxylic acids is 1. The van der Waals surface area contributed by atoms with Crippen LogP contribution in [0.3, 0.4) is 0 Å². The molecule has 1 atom stereocenters. The van der Waals surface area contributed by atoms with Crippen LogP contribution in [0.4, 0.5) is 0 Å². The molecule has 1 amide bonds. The van der Waals surface area contributed by atoms with Gasteiger partial charge in [0.2, 0.25) is 5.91 Å². The predicted octanol–water partition coefficient (Wildman–Crippen LogP) is 0.729. The number of aryl methyl sites for hydroxylation is 1. The number of thioether (sulfide) groups is 1. The first-order valence-corrected chi connectivity index (χ1v) is 7.64. The highest BCUT2D eigenvalue weighted by Crippen LogP contribution is 2.14. The molecule has 1 rings (SSSR count). The number of carboxylic acid groups (broad SMARTS) is 2. The Morgan fingerprint density at radius 3 is 2.65 bits per heavy atom. The molecule has 3 N–H and O–H groups in total. The lowest BCUT2D eigenvalue weighted by atomic mass is 10.2. The van der Waals surface area contributed by atoms with Gasteiger partial charge in [0, 0.05) is 11.1 Å². The first-order chi connectivity index (χ1) is 9.38. The maximum Gasteiger partial charge on any atom is 0.326 e. The number of rotatable bonds is 8. The lowest BCUT2D eigenvalue weighted by Gasteiger charge is -2.11. The predicted molar refractivity (Wildman–Crippen MR) is 74.8 cm³/mol. The molecule has 1 heterocycles. The summed E-state index contributed by atoms with van der Waals surface area (Å²) in [6, 6.07) is -1.40. The zero-order chi connectivity index (χ0) is 15.1. The maximum absolute atomic E-state index is 11.5. The largest absolute Gasteiger partial charge is 0.481 e. The van der Waals surface area contributed by atoms with Crippen LogP contribution in [-0.4, -0.2) is 44.8 Å². The molecule has 7 nitrogen and oxygen atoms in total. The van der Waals surface area contributed by atoms with E-state index in [9.17, 15) is 14.4 Å². The van der Waals surface area contributed by atoms with Crippen LogP contribution in [0.25, 0.3) is 0 Å². The second kappa shape index (κ2) is 7.85. The third-order valence-electron chi connectivity index (χ3n) is 2.16. The summed E-state index contributed by atoms with van der Waals surface area (Å²) in [5.41, 5.74) is 0.866. The molecule has 0 spiro atoms. The number of hydrogen-bond donors (Lipinski definition) is 3. The van der Waals surface area contributed by atoms with E-state index in [-0.39, 0.29) is 5.75 Å². The molecular formula is C11H14N2O5S2. The molecule has 0 unspecified atom stereocenters. The van der Waals surface area contributed by atoms with Crippen molar-refractivity contribution in [3.8, 4) is 0 Å². The number of thiazole rings is 1. The average Bonchev–Trinajstić information content (AvgIpc) is 2.73. The number of carboxylic acids is 2. The highest BCUT2D eigenvalue weighted by Gasteiger charge is 2.22. The lowest BCUT2D eigenvalue weighted by molar-refractivity contribution is -0.147. The third-order valence-corrected chi connectivity index (χ3v) is 3.95. The molecule has 0 bridgehead atoms. The quantitative estimate of drug-likeness (QED) is 0.647. The summed E-state index contributed by atoms with van der Waals surface area (Å²) in [6.45, 7) is 1.88. The van der Waals surface area contributed by atoms with Crippen LogP contribution in [0.1, 0.15) is 17.1 Å². The molecule has 1 aromatic heterocycles. The Morgan fingerprint density at radius 2 is 2.15 bits per heavy atom. The minimum atomic E-state index is -1.40. The van der Waals surface area contributed by atoms with Gasteiger partial charge in [-0.25, -0.2) is 9.78 Å². The first-order valence-electron chi connectivity index (χ1n) is 5.61. The maximum atomic E-state index is 11.5. The fraction of sp³-hybridized carbons (Fsp3) is 0.455. The van der Waals surface area contributed by atoms with Crippen molar-refractivity contribution < 1.29 is 24.6 Å². The monoisotopic (exact) mass is 318 g/mol. The van der Waals surface area contributed by atoms with Crippen molar-refractivity contribution in [2.24, 2.45) is 0 Å². The number of carbonyl (C=O) groups is 3. The zero-order valence-corrected chi connectivity index (χ0v) is 12.3. The van der Waals surface area contributed by atoms with Crippen molar-refractivity contribution in [1.29, 1.82) is 0 Å². The lowest BCUT2D eigenvalue weighted by Crippen LogP contribution is -2.43. The molecule has 0 saturated heterocycles. The van der Waals surface area contributed by atoms with E-state index in [1.54, 1.807) is 0 Å². The smallest absolute Gasteiger partial charge is 0.326 e. The van der Waals surface area contributed by atoms with Gasteiger partial charge in [-0.15, -0.1) is 23.1 Å². The van der Waals surface area contributed by atoms with Crippen LogP contribution >= 0.6 is 23.1 Å². The molecule has 0 aliphatic heterocycles. The highest BCUT2D eigenvalue weighted by atomic mass is 32.2. The summed E-state index contributed by atoms with van der Waals surface area (Å²) >= 11 is 2.81. The van der Waals surface area contributed by atoms with Crippen molar-refractivity contribution in [3.63, 3.8) is 0 Å². The Bertz CT molecular complexity index is 503. The van der Waals surface area contributed by atoms with Crippen molar-refractivity contribution in [2.45, 2.75) is 25.1 Å². The number of nitrogens with zero attached hydrogens (tertiary/aromatic N) is 1. The Kier molecular flexibility index (Phi) is 6.46. The Labute approximate surface area is 123 Å². The molecular weight excluding hydrogens is 304 g/mol. The molecule has 20 heavy (non-hydrogen) atoms. The average molecular weight is 318 g/mol. The molecule has 9 heteroatoms. The van der Waals surface area contributed by atoms with Crippen molar-refractivity contribution >= 4 is 40.9 Å². The molecule has 0 saturated carbocycles. The molecule has 0 aromatic carbocycles. The van der Waals surface area contributed by atoms with Crippen LogP contribution < -0.4 is 5.32 Å². The van der Waals surface area contributed by atoms with Gasteiger partial charge in [-0.2, -0.15) is 0 Å². The molecule has 1 aromatic rings. The van der Waals surface area contributed by atoms with Gasteiger partial charge in [-0.05, 0) is 6.92 Å². The van der Waals surface area contributed by atoms with Gasteiger partial charge in [-0.1, -0.05) is 0 Å². The summed E-state index contributed by atoms with van der Waals surface area (Å²) in [7, 11) is 0. The van der Waals surface area contributed by atoms with E-state index in [2.05, 4.69) is 10.3 Å². The number of aliphatic carboxylic acids is 2. The van der Waals surface area contributed by atoms with Crippen LogP contribution in [-0.2, 0) is 20.1 Å². The van der Waals surface area contributed by atoms with Crippen molar-refractivity contribution in [1.82, 2.24) is 10.3 Å². The number of nitrogens with one attached hydrogen (secondary N) is 1. The Hall–Kier alpha value is -1.61. The third kappa shape index (κ3) is 6.02. The van der Waals surface area contributed by atoms with Gasteiger partial charge < -0.3 is 15.5 Å². The number of aromatic nitrogens is 1. The minimum absolute atomic E-state index is 0.0555. The molecule has 0 aliphatic rings. The van der Waals surface area contributed by atoms with E-state index in [0.29, 0.717) is 5.75 Å². The topological polar surface area (TPSA) is 117 Å². The van der Waals surface area contributed by atoms with Gasteiger partial charge in [0.25, 0.3) is 0 Å². The van der Waals surface area contributed by atoms with Crippen LogP contribution in [0.2, 0.25) is 0 Å². The fourth-order valence-corrected chi connectivity index (χ4v) is 2.78. The van der Waals surface area contributed by atoms with E-state index < -0.39 is 30.3 Å². The molecule has 0 aliphatic carbocycles. The van der Waals surface area contributed by atoms with E-state index in [4.69, 9.17) is 10.2 Å². The standard InChI is InChI=1S/C11H14N2O5S2/c1-6-12-7(4-20-6)3-19-5-9(14)13-8(11(17)18)2-10(15)16/h4,8H,2-3,5H2,1H3,(H,13,14)(H,15,16)(H,17,18)/t8-/m1/s1. The molecule has 110 valence electrons. The van der Waals surface area contributed by atoms with Crippen molar-refractivity contribution in [2.75, 3.05) is 5.75 Å². The van der Waals surface area contributed by atoms with Crippen LogP contribution in [0.5, 0.6) is 0 Å². The van der Waals surface area contributed by atoms with E-state index >= 15 is 0 Å². The van der Waals surface area contributed by atoms with Gasteiger partial charge in [0.15, 0.2) is 0 Å². The second-order valence-corrected chi connectivity index (χ2v) is 5.95. The summed E-state index contributed by atoms with van der Waals surface area (Å²) in [5, 5.41) is 22.3. The number of amides is 1. The summed E-state index contributed by atoms with van der Waals surface area (Å²) in [5.74, 6) is -2.53. The summed E-state index contributed by atoms with van der Waals surface area (Å²) < 4.78 is 0. The Morgan fingerprint density at radius 1 is 1.45 bits per heavy atom. The molecule has 0 radical (unpaired) electrons. The Balaban J connectivity index is 2.34. The fourth-order valence-electron chi connectivity index (χ4n) is 1.33. The van der Waals surface area contributed by atoms with Gasteiger partial charge in [-0.3, -0.25) is 9.59 Å². The number of hydrogen-bond acceptors (Lipinski definition) is 6. The van der Waals surface area contributed by atoms with Crippen LogP contribution in [0, 0.1) is 6.92 Å². The van der Waals surface area contributed by atoms with E-state index in [1.807, 2.05) is 12.3 Å². The second-order valence-electron chi connectivity index (χ2n) is 3.91. The normalized spacial score (nSPS) is 11.8.